The molecule has 2 nitrogen and oxygen atoms in total. The van der Waals surface area contributed by atoms with Crippen molar-refractivity contribution in [2.45, 2.75) is 51.6 Å². The van der Waals surface area contributed by atoms with E-state index < -0.39 is 0 Å². The smallest absolute Gasteiger partial charge is 0.212 e. The van der Waals surface area contributed by atoms with Gasteiger partial charge in [-0.25, -0.2) is 0 Å². The van der Waals surface area contributed by atoms with Crippen molar-refractivity contribution < 1.29 is 43.1 Å². The molecule has 158 valence electrons. The second-order valence-corrected chi connectivity index (χ2v) is 7.64. The second-order valence-electron chi connectivity index (χ2n) is 7.64. The summed E-state index contributed by atoms with van der Waals surface area (Å²) < 4.78 is 4.79. The molecule has 0 amide bonds. The van der Waals surface area contributed by atoms with Gasteiger partial charge >= 0.3 is 0 Å². The van der Waals surface area contributed by atoms with Gasteiger partial charge in [0.15, 0.2) is 12.4 Å². The van der Waals surface area contributed by atoms with E-state index in [4.69, 9.17) is 0 Å². The number of hydrogen-bond donors (Lipinski definition) is 0. The highest BCUT2D eigenvalue weighted by Gasteiger charge is 2.08. The maximum absolute atomic E-state index is 2.40. The highest BCUT2D eigenvalue weighted by molar-refractivity contribution is 5.75. The average Bonchev–Trinajstić information content (AvgIpc) is 2.76. The Morgan fingerprint density at radius 2 is 0.800 bits per heavy atom. The lowest BCUT2D eigenvalue weighted by atomic mass is 10.1. The standard InChI is InChI=1S/C26H30N2.2BrH/c1(3-9-19-27-21-11-15-23-13-5-7-17-25(23)27)2-4-10-20-28-22-12-16-24-14-6-8-18-26(24)28;;/h5-8,11-18,21-22H,1-4,9-10,19-20H2;2*1H/q+2;;/p-2. The summed E-state index contributed by atoms with van der Waals surface area (Å²) >= 11 is 0. The van der Waals surface area contributed by atoms with Crippen molar-refractivity contribution in [3.8, 4) is 0 Å². The van der Waals surface area contributed by atoms with Crippen molar-refractivity contribution in [2.24, 2.45) is 0 Å². The number of nitrogens with zero attached hydrogens (tertiary/aromatic N) is 2. The van der Waals surface area contributed by atoms with E-state index in [1.807, 2.05) is 0 Å². The Bertz CT molecular complexity index is 953. The van der Waals surface area contributed by atoms with Gasteiger partial charge in [-0.05, 0) is 37.1 Å². The highest BCUT2D eigenvalue weighted by Crippen LogP contribution is 2.11. The van der Waals surface area contributed by atoms with Crippen LogP contribution in [0, 0.1) is 0 Å². The van der Waals surface area contributed by atoms with E-state index in [9.17, 15) is 0 Å². The first kappa shape index (κ1) is 24.5. The van der Waals surface area contributed by atoms with Crippen LogP contribution in [0.15, 0.2) is 85.2 Å². The van der Waals surface area contributed by atoms with Gasteiger partial charge in [0.2, 0.25) is 11.0 Å². The van der Waals surface area contributed by atoms with E-state index in [0.717, 1.165) is 13.1 Å². The molecule has 0 saturated heterocycles. The molecule has 30 heavy (non-hydrogen) atoms. The van der Waals surface area contributed by atoms with Crippen LogP contribution in [-0.4, -0.2) is 0 Å². The Morgan fingerprint density at radius 3 is 1.27 bits per heavy atom. The van der Waals surface area contributed by atoms with E-state index in [1.165, 1.54) is 60.3 Å². The molecular weight excluding hydrogens is 500 g/mol. The monoisotopic (exact) mass is 528 g/mol. The number of hydrogen-bond acceptors (Lipinski definition) is 0. The molecule has 0 N–H and O–H groups in total. The minimum atomic E-state index is 0. The number of fused-ring (bicyclic) bond motifs is 2. The Morgan fingerprint density at radius 1 is 0.433 bits per heavy atom. The zero-order chi connectivity index (χ0) is 19.0. The lowest BCUT2D eigenvalue weighted by molar-refractivity contribution is -0.672. The second kappa shape index (κ2) is 12.8. The largest absolute Gasteiger partial charge is 1.00 e. The molecule has 2 aromatic carbocycles. The van der Waals surface area contributed by atoms with Gasteiger partial charge in [-0.1, -0.05) is 37.1 Å². The molecule has 0 fully saturated rings. The maximum Gasteiger partial charge on any atom is 0.212 e. The molecule has 0 aliphatic heterocycles. The molecule has 0 unspecified atom stereocenters. The van der Waals surface area contributed by atoms with Crippen molar-refractivity contribution in [1.29, 1.82) is 0 Å². The zero-order valence-electron chi connectivity index (χ0n) is 17.4. The minimum Gasteiger partial charge on any atom is -1.00 e. The van der Waals surface area contributed by atoms with Crippen LogP contribution in [0.25, 0.3) is 21.8 Å². The summed E-state index contributed by atoms with van der Waals surface area (Å²) in [7, 11) is 0. The fourth-order valence-corrected chi connectivity index (χ4v) is 4.10. The molecule has 0 spiro atoms. The van der Waals surface area contributed by atoms with Gasteiger partial charge in [-0.2, -0.15) is 9.13 Å². The molecule has 4 rings (SSSR count). The van der Waals surface area contributed by atoms with Crippen LogP contribution in [0.2, 0.25) is 0 Å². The predicted molar refractivity (Wildman–Crippen MR) is 116 cm³/mol. The van der Waals surface area contributed by atoms with Gasteiger partial charge in [0.05, 0.1) is 0 Å². The van der Waals surface area contributed by atoms with Crippen LogP contribution < -0.4 is 43.1 Å². The summed E-state index contributed by atoms with van der Waals surface area (Å²) in [4.78, 5) is 0. The third-order valence-corrected chi connectivity index (χ3v) is 5.62. The highest BCUT2D eigenvalue weighted by atomic mass is 79.9. The predicted octanol–water partition coefficient (Wildman–Crippen LogP) is -0.383. The summed E-state index contributed by atoms with van der Waals surface area (Å²) in [5, 5.41) is 2.66. The molecule has 0 atom stereocenters. The molecule has 2 aromatic heterocycles. The number of aromatic nitrogens is 2. The summed E-state index contributed by atoms with van der Waals surface area (Å²) in [5.41, 5.74) is 2.69. The van der Waals surface area contributed by atoms with Crippen LogP contribution in [-0.2, 0) is 13.1 Å². The van der Waals surface area contributed by atoms with Crippen LogP contribution in [0.4, 0.5) is 0 Å². The lowest BCUT2D eigenvalue weighted by Gasteiger charge is -2.03. The van der Waals surface area contributed by atoms with E-state index in [2.05, 4.69) is 94.3 Å². The van der Waals surface area contributed by atoms with Crippen molar-refractivity contribution >= 4 is 21.8 Å². The van der Waals surface area contributed by atoms with Crippen LogP contribution in [0.1, 0.15) is 38.5 Å². The molecule has 4 heteroatoms. The minimum absolute atomic E-state index is 0. The van der Waals surface area contributed by atoms with Gasteiger partial charge in [-0.15, -0.1) is 0 Å². The first-order valence-electron chi connectivity index (χ1n) is 10.7. The Balaban J connectivity index is 0.00000160. The lowest BCUT2D eigenvalue weighted by Crippen LogP contribution is -3.00. The van der Waals surface area contributed by atoms with E-state index in [1.54, 1.807) is 0 Å². The van der Waals surface area contributed by atoms with E-state index in [0.29, 0.717) is 0 Å². The fraction of sp³-hybridized carbons (Fsp3) is 0.308. The molecule has 0 aliphatic rings. The Kier molecular flexibility index (Phi) is 10.5. The van der Waals surface area contributed by atoms with Crippen molar-refractivity contribution in [2.75, 3.05) is 0 Å². The quantitative estimate of drug-likeness (QED) is 0.206. The number of benzene rings is 2. The molecule has 0 radical (unpaired) electrons. The third-order valence-electron chi connectivity index (χ3n) is 5.62. The Labute approximate surface area is 201 Å². The number of pyridine rings is 2. The normalized spacial score (nSPS) is 10.5. The Hall–Kier alpha value is -1.78. The number of para-hydroxylation sites is 2. The maximum atomic E-state index is 2.40. The summed E-state index contributed by atoms with van der Waals surface area (Å²) in [6, 6.07) is 26.0. The van der Waals surface area contributed by atoms with Crippen LogP contribution in [0.3, 0.4) is 0 Å². The molecule has 0 aliphatic carbocycles. The summed E-state index contributed by atoms with van der Waals surface area (Å²) in [6.07, 6.45) is 12.3. The first-order chi connectivity index (χ1) is 13.9. The molecule has 4 aromatic rings. The third kappa shape index (κ3) is 6.36. The molecule has 0 bridgehead atoms. The summed E-state index contributed by atoms with van der Waals surface area (Å²) in [5.74, 6) is 0. The van der Waals surface area contributed by atoms with Crippen molar-refractivity contribution in [3.63, 3.8) is 0 Å². The molecule has 2 heterocycles. The number of aryl methyl sites for hydroxylation is 2. The number of unbranched alkanes of at least 4 members (excludes halogenated alkanes) is 5. The van der Waals surface area contributed by atoms with Crippen molar-refractivity contribution in [3.05, 3.63) is 85.2 Å². The van der Waals surface area contributed by atoms with E-state index >= 15 is 0 Å². The number of halogens is 2. The van der Waals surface area contributed by atoms with Gasteiger partial charge in [0, 0.05) is 47.9 Å². The first-order valence-corrected chi connectivity index (χ1v) is 10.7. The molecule has 0 saturated carbocycles. The van der Waals surface area contributed by atoms with Crippen LogP contribution in [0.5, 0.6) is 0 Å². The SMILES string of the molecule is [Br-].[Br-].c1ccc2c(c1)ccc[n+]2CCCCCCCC[n+]1cccc2ccccc21. The van der Waals surface area contributed by atoms with Gasteiger partial charge < -0.3 is 34.0 Å². The van der Waals surface area contributed by atoms with Crippen molar-refractivity contribution in [1.82, 2.24) is 0 Å². The summed E-state index contributed by atoms with van der Waals surface area (Å²) in [6.45, 7) is 2.24. The zero-order valence-corrected chi connectivity index (χ0v) is 20.6. The average molecular weight is 530 g/mol. The van der Waals surface area contributed by atoms with Gasteiger partial charge in [0.1, 0.15) is 13.1 Å². The molecular formula is C26H30Br2N2. The fourth-order valence-electron chi connectivity index (χ4n) is 4.10. The topological polar surface area (TPSA) is 7.76 Å². The van der Waals surface area contributed by atoms with Gasteiger partial charge in [-0.3, -0.25) is 0 Å². The number of rotatable bonds is 9. The van der Waals surface area contributed by atoms with Crippen LogP contribution >= 0.6 is 0 Å². The van der Waals surface area contributed by atoms with Gasteiger partial charge in [0.25, 0.3) is 0 Å². The van der Waals surface area contributed by atoms with E-state index in [-0.39, 0.29) is 34.0 Å².